The first-order chi connectivity index (χ1) is 6.49. The number of hydrogen-bond donors (Lipinski definition) is 1. The van der Waals surface area contributed by atoms with Crippen LogP contribution in [0.2, 0.25) is 0 Å². The predicted molar refractivity (Wildman–Crippen MR) is 62.6 cm³/mol. The number of piperidine rings is 1. The van der Waals surface area contributed by atoms with Crippen LogP contribution < -0.4 is 5.32 Å². The third-order valence-electron chi connectivity index (χ3n) is 2.96. The van der Waals surface area contributed by atoms with Crippen molar-refractivity contribution >= 4 is 0 Å². The second-order valence-electron chi connectivity index (χ2n) is 5.65. The van der Waals surface area contributed by atoms with Gasteiger partial charge in [-0.1, -0.05) is 27.7 Å². The van der Waals surface area contributed by atoms with Gasteiger partial charge in [0.1, 0.15) is 0 Å². The molecular weight excluding hydrogens is 172 g/mol. The average molecular weight is 198 g/mol. The van der Waals surface area contributed by atoms with Crippen molar-refractivity contribution < 1.29 is 0 Å². The van der Waals surface area contributed by atoms with Gasteiger partial charge in [0.25, 0.3) is 0 Å². The summed E-state index contributed by atoms with van der Waals surface area (Å²) in [5.41, 5.74) is 0.538. The molecule has 0 aromatic rings. The highest BCUT2D eigenvalue weighted by Crippen LogP contribution is 2.27. The Hall–Kier alpha value is -0.0800. The molecule has 0 aliphatic carbocycles. The lowest BCUT2D eigenvalue weighted by atomic mass is 9.84. The van der Waals surface area contributed by atoms with E-state index in [0.29, 0.717) is 11.5 Å². The Morgan fingerprint density at radius 1 is 1.36 bits per heavy atom. The maximum absolute atomic E-state index is 3.48. The molecule has 2 heteroatoms. The molecule has 14 heavy (non-hydrogen) atoms. The molecule has 0 aromatic carbocycles. The largest absolute Gasteiger partial charge is 0.313 e. The van der Waals surface area contributed by atoms with Crippen molar-refractivity contribution in [3.63, 3.8) is 0 Å². The van der Waals surface area contributed by atoms with Crippen LogP contribution in [0.25, 0.3) is 0 Å². The zero-order valence-corrected chi connectivity index (χ0v) is 10.3. The SMILES string of the molecule is CC(C)NCCN1CCCC(C)(C)C1. The van der Waals surface area contributed by atoms with Gasteiger partial charge in [-0.2, -0.15) is 0 Å². The van der Waals surface area contributed by atoms with Crippen LogP contribution in [0.4, 0.5) is 0 Å². The highest BCUT2D eigenvalue weighted by molar-refractivity contribution is 4.79. The van der Waals surface area contributed by atoms with Crippen LogP contribution in [0, 0.1) is 5.41 Å². The molecule has 0 radical (unpaired) electrons. The van der Waals surface area contributed by atoms with Crippen molar-refractivity contribution in [1.29, 1.82) is 0 Å². The van der Waals surface area contributed by atoms with Gasteiger partial charge in [0, 0.05) is 25.7 Å². The van der Waals surface area contributed by atoms with Crippen LogP contribution in [-0.4, -0.2) is 37.1 Å². The summed E-state index contributed by atoms with van der Waals surface area (Å²) >= 11 is 0. The highest BCUT2D eigenvalue weighted by atomic mass is 15.1. The Bertz CT molecular complexity index is 164. The van der Waals surface area contributed by atoms with Gasteiger partial charge in [0.15, 0.2) is 0 Å². The third kappa shape index (κ3) is 4.43. The number of nitrogens with one attached hydrogen (secondary N) is 1. The van der Waals surface area contributed by atoms with Crippen LogP contribution in [0.3, 0.4) is 0 Å². The lowest BCUT2D eigenvalue weighted by Crippen LogP contribution is -2.43. The molecular formula is C12H26N2. The minimum absolute atomic E-state index is 0.538. The van der Waals surface area contributed by atoms with E-state index in [1.54, 1.807) is 0 Å². The van der Waals surface area contributed by atoms with Gasteiger partial charge in [-0.05, 0) is 24.8 Å². The molecule has 1 N–H and O–H groups in total. The fourth-order valence-corrected chi connectivity index (χ4v) is 2.25. The Labute approximate surface area is 89.1 Å². The number of hydrogen-bond acceptors (Lipinski definition) is 2. The summed E-state index contributed by atoms with van der Waals surface area (Å²) < 4.78 is 0. The third-order valence-corrected chi connectivity index (χ3v) is 2.96. The van der Waals surface area contributed by atoms with Crippen molar-refractivity contribution in [3.8, 4) is 0 Å². The molecule has 0 atom stereocenters. The first kappa shape index (κ1) is 12.0. The van der Waals surface area contributed by atoms with Crippen LogP contribution in [0.1, 0.15) is 40.5 Å². The molecule has 0 saturated carbocycles. The normalized spacial score (nSPS) is 22.9. The summed E-state index contributed by atoms with van der Waals surface area (Å²) in [7, 11) is 0. The van der Waals surface area contributed by atoms with E-state index in [4.69, 9.17) is 0 Å². The minimum atomic E-state index is 0.538. The molecule has 0 amide bonds. The molecule has 84 valence electrons. The van der Waals surface area contributed by atoms with Gasteiger partial charge in [0.2, 0.25) is 0 Å². The predicted octanol–water partition coefficient (Wildman–Crippen LogP) is 2.11. The van der Waals surface area contributed by atoms with Crippen molar-refractivity contribution in [3.05, 3.63) is 0 Å². The lowest BCUT2D eigenvalue weighted by molar-refractivity contribution is 0.118. The molecule has 0 aromatic heterocycles. The van der Waals surface area contributed by atoms with E-state index in [1.165, 1.54) is 32.5 Å². The van der Waals surface area contributed by atoms with Crippen molar-refractivity contribution in [1.82, 2.24) is 10.2 Å². The van der Waals surface area contributed by atoms with Crippen LogP contribution >= 0.6 is 0 Å². The smallest absolute Gasteiger partial charge is 0.0107 e. The monoisotopic (exact) mass is 198 g/mol. The van der Waals surface area contributed by atoms with Gasteiger partial charge in [-0.3, -0.25) is 0 Å². The Balaban J connectivity index is 2.18. The summed E-state index contributed by atoms with van der Waals surface area (Å²) in [6.45, 7) is 14.1. The lowest BCUT2D eigenvalue weighted by Gasteiger charge is -2.38. The summed E-state index contributed by atoms with van der Waals surface area (Å²) in [6, 6.07) is 0.618. The standard InChI is InChI=1S/C12H26N2/c1-11(2)13-7-9-14-8-5-6-12(3,4)10-14/h11,13H,5-10H2,1-4H3. The fourth-order valence-electron chi connectivity index (χ4n) is 2.25. The highest BCUT2D eigenvalue weighted by Gasteiger charge is 2.25. The van der Waals surface area contributed by atoms with Crippen LogP contribution in [0.5, 0.6) is 0 Å². The summed E-state index contributed by atoms with van der Waals surface area (Å²) in [5, 5.41) is 3.48. The van der Waals surface area contributed by atoms with E-state index < -0.39 is 0 Å². The Morgan fingerprint density at radius 3 is 2.64 bits per heavy atom. The molecule has 2 nitrogen and oxygen atoms in total. The van der Waals surface area contributed by atoms with Gasteiger partial charge in [-0.15, -0.1) is 0 Å². The van der Waals surface area contributed by atoms with Gasteiger partial charge in [0.05, 0.1) is 0 Å². The zero-order chi connectivity index (χ0) is 10.6. The van der Waals surface area contributed by atoms with Crippen molar-refractivity contribution in [2.75, 3.05) is 26.2 Å². The minimum Gasteiger partial charge on any atom is -0.313 e. The molecule has 1 rings (SSSR count). The van der Waals surface area contributed by atoms with E-state index >= 15 is 0 Å². The van der Waals surface area contributed by atoms with Crippen molar-refractivity contribution in [2.24, 2.45) is 5.41 Å². The zero-order valence-electron chi connectivity index (χ0n) is 10.3. The molecule has 0 unspecified atom stereocenters. The van der Waals surface area contributed by atoms with Crippen molar-refractivity contribution in [2.45, 2.75) is 46.6 Å². The molecule has 1 aliphatic rings. The molecule has 0 spiro atoms. The van der Waals surface area contributed by atoms with E-state index in [-0.39, 0.29) is 0 Å². The molecule has 1 heterocycles. The van der Waals surface area contributed by atoms with Gasteiger partial charge < -0.3 is 10.2 Å². The van der Waals surface area contributed by atoms with E-state index in [1.807, 2.05) is 0 Å². The summed E-state index contributed by atoms with van der Waals surface area (Å²) in [5.74, 6) is 0. The van der Waals surface area contributed by atoms with Crippen LogP contribution in [0.15, 0.2) is 0 Å². The first-order valence-electron chi connectivity index (χ1n) is 5.95. The topological polar surface area (TPSA) is 15.3 Å². The van der Waals surface area contributed by atoms with E-state index in [0.717, 1.165) is 6.54 Å². The molecule has 0 bridgehead atoms. The maximum Gasteiger partial charge on any atom is 0.0107 e. The summed E-state index contributed by atoms with van der Waals surface area (Å²) in [6.07, 6.45) is 2.76. The number of likely N-dealkylation sites (tertiary alicyclic amines) is 1. The van der Waals surface area contributed by atoms with Crippen LogP contribution in [-0.2, 0) is 0 Å². The molecule has 1 saturated heterocycles. The molecule has 1 fully saturated rings. The second-order valence-corrected chi connectivity index (χ2v) is 5.65. The average Bonchev–Trinajstić information content (AvgIpc) is 2.01. The Kier molecular flexibility index (Phi) is 4.39. The second kappa shape index (κ2) is 5.13. The van der Waals surface area contributed by atoms with Gasteiger partial charge in [-0.25, -0.2) is 0 Å². The summed E-state index contributed by atoms with van der Waals surface area (Å²) in [4.78, 5) is 2.60. The first-order valence-corrected chi connectivity index (χ1v) is 5.95. The Morgan fingerprint density at radius 2 is 2.07 bits per heavy atom. The number of nitrogens with zero attached hydrogens (tertiary/aromatic N) is 1. The van der Waals surface area contributed by atoms with E-state index in [9.17, 15) is 0 Å². The molecule has 1 aliphatic heterocycles. The quantitative estimate of drug-likeness (QED) is 0.744. The number of rotatable bonds is 4. The fraction of sp³-hybridized carbons (Fsp3) is 1.00. The van der Waals surface area contributed by atoms with Gasteiger partial charge >= 0.3 is 0 Å². The maximum atomic E-state index is 3.48. The van der Waals surface area contributed by atoms with E-state index in [2.05, 4.69) is 37.9 Å².